The van der Waals surface area contributed by atoms with Crippen LogP contribution in [0.1, 0.15) is 22.1 Å². The Labute approximate surface area is 181 Å². The first-order chi connectivity index (χ1) is 14.6. The van der Waals surface area contributed by atoms with E-state index < -0.39 is 0 Å². The highest BCUT2D eigenvalue weighted by atomic mass is 35.5. The maximum absolute atomic E-state index is 13.7. The summed E-state index contributed by atoms with van der Waals surface area (Å²) < 4.78 is 1.85. The van der Waals surface area contributed by atoms with Crippen molar-refractivity contribution in [3.05, 3.63) is 114 Å². The molecule has 3 aromatic carbocycles. The van der Waals surface area contributed by atoms with Crippen molar-refractivity contribution >= 4 is 23.1 Å². The molecule has 0 fully saturated rings. The van der Waals surface area contributed by atoms with Crippen LogP contribution >= 0.6 is 11.6 Å². The van der Waals surface area contributed by atoms with Gasteiger partial charge in [-0.25, -0.2) is 4.98 Å². The first kappa shape index (κ1) is 19.9. The van der Waals surface area contributed by atoms with Crippen LogP contribution in [0.5, 0.6) is 0 Å². The molecule has 4 nitrogen and oxygen atoms in total. The van der Waals surface area contributed by atoms with Crippen LogP contribution in [-0.2, 0) is 0 Å². The number of hydrogen-bond donors (Lipinski definition) is 0. The molecule has 0 amide bonds. The summed E-state index contributed by atoms with van der Waals surface area (Å²) in [7, 11) is 1.98. The number of nitrogens with zero attached hydrogens (tertiary/aromatic N) is 3. The fraction of sp³-hybridized carbons (Fsp3) is 0.120. The van der Waals surface area contributed by atoms with E-state index in [4.69, 9.17) is 11.6 Å². The SMILES string of the molecule is CN(C[C@@H](C(=O)c1nccn1-c1ccccc1)c1ccccc1)c1ccc(Cl)cc1. The van der Waals surface area contributed by atoms with Crippen LogP contribution in [0.4, 0.5) is 5.69 Å². The molecule has 4 rings (SSSR count). The summed E-state index contributed by atoms with van der Waals surface area (Å²) in [5, 5.41) is 0.688. The van der Waals surface area contributed by atoms with Crippen LogP contribution in [0, 0.1) is 0 Å². The molecule has 1 heterocycles. The molecule has 1 aromatic heterocycles. The van der Waals surface area contributed by atoms with Gasteiger partial charge in [0.2, 0.25) is 5.78 Å². The Hall–Kier alpha value is -3.37. The van der Waals surface area contributed by atoms with Gasteiger partial charge in [-0.05, 0) is 42.0 Å². The van der Waals surface area contributed by atoms with Crippen LogP contribution in [0.3, 0.4) is 0 Å². The third-order valence-electron chi connectivity index (χ3n) is 5.14. The minimum Gasteiger partial charge on any atom is -0.374 e. The van der Waals surface area contributed by atoms with Crippen molar-refractivity contribution in [3.63, 3.8) is 0 Å². The Morgan fingerprint density at radius 3 is 2.27 bits per heavy atom. The molecule has 0 saturated heterocycles. The first-order valence-electron chi connectivity index (χ1n) is 9.78. The Kier molecular flexibility index (Phi) is 5.96. The van der Waals surface area contributed by atoms with Crippen molar-refractivity contribution in [2.24, 2.45) is 0 Å². The van der Waals surface area contributed by atoms with Crippen LogP contribution < -0.4 is 4.90 Å². The highest BCUT2D eigenvalue weighted by Crippen LogP contribution is 2.26. The van der Waals surface area contributed by atoms with Crippen molar-refractivity contribution in [2.75, 3.05) is 18.5 Å². The van der Waals surface area contributed by atoms with Gasteiger partial charge in [0, 0.05) is 42.4 Å². The van der Waals surface area contributed by atoms with Gasteiger partial charge in [0.1, 0.15) is 0 Å². The molecule has 0 saturated carbocycles. The molecule has 0 aliphatic heterocycles. The predicted molar refractivity (Wildman–Crippen MR) is 122 cm³/mol. The largest absolute Gasteiger partial charge is 0.374 e. The van der Waals surface area contributed by atoms with E-state index >= 15 is 0 Å². The summed E-state index contributed by atoms with van der Waals surface area (Å²) in [6, 6.07) is 27.3. The third kappa shape index (κ3) is 4.29. The third-order valence-corrected chi connectivity index (χ3v) is 5.39. The molecular formula is C25H22ClN3O. The molecule has 4 aromatic rings. The average Bonchev–Trinajstić information content (AvgIpc) is 3.28. The highest BCUT2D eigenvalue weighted by molar-refractivity contribution is 6.30. The quantitative estimate of drug-likeness (QED) is 0.367. The number of ketones is 1. The lowest BCUT2D eigenvalue weighted by molar-refractivity contribution is 0.0950. The lowest BCUT2D eigenvalue weighted by Crippen LogP contribution is -2.30. The smallest absolute Gasteiger partial charge is 0.207 e. The number of carbonyl (C=O) groups excluding carboxylic acids is 1. The zero-order chi connectivity index (χ0) is 20.9. The molecule has 0 aliphatic carbocycles. The fourth-order valence-corrected chi connectivity index (χ4v) is 3.66. The number of Topliss-reactive ketones (excluding diaryl/α,β-unsaturated/α-hetero) is 1. The lowest BCUT2D eigenvalue weighted by Gasteiger charge is -2.25. The van der Waals surface area contributed by atoms with Crippen LogP contribution in [0.15, 0.2) is 97.3 Å². The van der Waals surface area contributed by atoms with Crippen molar-refractivity contribution in [1.82, 2.24) is 9.55 Å². The van der Waals surface area contributed by atoms with E-state index in [0.717, 1.165) is 16.9 Å². The molecule has 0 bridgehead atoms. The van der Waals surface area contributed by atoms with Crippen molar-refractivity contribution < 1.29 is 4.79 Å². The van der Waals surface area contributed by atoms with Gasteiger partial charge in [-0.2, -0.15) is 0 Å². The highest BCUT2D eigenvalue weighted by Gasteiger charge is 2.27. The van der Waals surface area contributed by atoms with Gasteiger partial charge in [-0.3, -0.25) is 9.36 Å². The summed E-state index contributed by atoms with van der Waals surface area (Å²) in [5.74, 6) is 0.0483. The van der Waals surface area contributed by atoms with Gasteiger partial charge < -0.3 is 4.90 Å². The van der Waals surface area contributed by atoms with Gasteiger partial charge in [-0.1, -0.05) is 60.1 Å². The molecular weight excluding hydrogens is 394 g/mol. The normalized spacial score (nSPS) is 11.8. The first-order valence-corrected chi connectivity index (χ1v) is 10.2. The number of benzene rings is 3. The lowest BCUT2D eigenvalue weighted by atomic mass is 9.93. The van der Waals surface area contributed by atoms with E-state index in [9.17, 15) is 4.79 Å². The van der Waals surface area contributed by atoms with E-state index in [-0.39, 0.29) is 11.7 Å². The second-order valence-corrected chi connectivity index (χ2v) is 7.58. The number of halogens is 1. The van der Waals surface area contributed by atoms with E-state index in [1.165, 1.54) is 0 Å². The van der Waals surface area contributed by atoms with Gasteiger partial charge in [0.25, 0.3) is 0 Å². The Morgan fingerprint density at radius 1 is 0.967 bits per heavy atom. The van der Waals surface area contributed by atoms with Crippen molar-refractivity contribution in [2.45, 2.75) is 5.92 Å². The summed E-state index contributed by atoms with van der Waals surface area (Å²) >= 11 is 6.03. The van der Waals surface area contributed by atoms with Gasteiger partial charge in [0.15, 0.2) is 5.82 Å². The summed E-state index contributed by atoms with van der Waals surface area (Å²) in [5.41, 5.74) is 2.88. The molecule has 0 N–H and O–H groups in total. The molecule has 0 radical (unpaired) electrons. The van der Waals surface area contributed by atoms with Gasteiger partial charge in [0.05, 0.1) is 5.92 Å². The molecule has 150 valence electrons. The number of rotatable bonds is 7. The minimum absolute atomic E-state index is 0.0177. The number of para-hydroxylation sites is 1. The minimum atomic E-state index is -0.364. The summed E-state index contributed by atoms with van der Waals surface area (Å²) in [4.78, 5) is 20.2. The number of anilines is 1. The molecule has 5 heteroatoms. The molecule has 1 atom stereocenters. The number of likely N-dealkylation sites (N-methyl/N-ethyl adjacent to an activating group) is 1. The average molecular weight is 416 g/mol. The van der Waals surface area contributed by atoms with E-state index in [2.05, 4.69) is 9.88 Å². The monoisotopic (exact) mass is 415 g/mol. The van der Waals surface area contributed by atoms with E-state index in [1.807, 2.05) is 103 Å². The standard InChI is InChI=1S/C25H22ClN3O/c1-28(21-14-12-20(26)13-15-21)18-23(19-8-4-2-5-9-19)24(30)25-27-16-17-29(25)22-10-6-3-7-11-22/h2-17,23H,18H2,1H3/t23-/m1/s1. The molecule has 0 spiro atoms. The van der Waals surface area contributed by atoms with Crippen molar-refractivity contribution in [3.8, 4) is 5.69 Å². The van der Waals surface area contributed by atoms with Crippen LogP contribution in [0.2, 0.25) is 5.02 Å². The fourth-order valence-electron chi connectivity index (χ4n) is 3.54. The second kappa shape index (κ2) is 8.97. The maximum Gasteiger partial charge on any atom is 0.207 e. The number of imidazole rings is 1. The van der Waals surface area contributed by atoms with Crippen molar-refractivity contribution in [1.29, 1.82) is 0 Å². The van der Waals surface area contributed by atoms with Crippen LogP contribution in [0.25, 0.3) is 5.69 Å². The number of hydrogen-bond acceptors (Lipinski definition) is 3. The zero-order valence-electron chi connectivity index (χ0n) is 16.6. The maximum atomic E-state index is 13.7. The Balaban J connectivity index is 1.68. The zero-order valence-corrected chi connectivity index (χ0v) is 17.4. The molecule has 0 aliphatic rings. The summed E-state index contributed by atoms with van der Waals surface area (Å²) in [6.07, 6.45) is 3.50. The number of aromatic nitrogens is 2. The molecule has 0 unspecified atom stereocenters. The second-order valence-electron chi connectivity index (χ2n) is 7.14. The van der Waals surface area contributed by atoms with Gasteiger partial charge in [-0.15, -0.1) is 0 Å². The topological polar surface area (TPSA) is 38.1 Å². The van der Waals surface area contributed by atoms with Gasteiger partial charge >= 0.3 is 0 Å². The number of carbonyl (C=O) groups is 1. The Morgan fingerprint density at radius 2 is 1.60 bits per heavy atom. The van der Waals surface area contributed by atoms with E-state index in [0.29, 0.717) is 17.4 Å². The molecule has 30 heavy (non-hydrogen) atoms. The van der Waals surface area contributed by atoms with E-state index in [1.54, 1.807) is 6.20 Å². The summed E-state index contributed by atoms with van der Waals surface area (Å²) in [6.45, 7) is 0.520. The predicted octanol–water partition coefficient (Wildman–Crippen LogP) is 5.63. The van der Waals surface area contributed by atoms with Crippen LogP contribution in [-0.4, -0.2) is 28.9 Å². The Bertz CT molecular complexity index is 1110.